The minimum atomic E-state index is -2.66. The number of carbonyl (C=O) groups excluding carboxylic acids is 3. The van der Waals surface area contributed by atoms with E-state index in [0.29, 0.717) is 12.1 Å². The number of carbonyl (C=O) groups is 3. The van der Waals surface area contributed by atoms with Gasteiger partial charge in [-0.05, 0) is 74.3 Å². The zero-order valence-electron chi connectivity index (χ0n) is 24.5. The van der Waals surface area contributed by atoms with E-state index in [0.717, 1.165) is 37.4 Å². The quantitative estimate of drug-likeness (QED) is 0.314. The third kappa shape index (κ3) is 4.47. The van der Waals surface area contributed by atoms with Crippen LogP contribution in [0.3, 0.4) is 0 Å². The fourth-order valence-corrected chi connectivity index (χ4v) is 7.51. The van der Waals surface area contributed by atoms with Crippen LogP contribution in [0.2, 0.25) is 0 Å². The molecule has 0 unspecified atom stereocenters. The van der Waals surface area contributed by atoms with Crippen molar-refractivity contribution in [1.29, 1.82) is 0 Å². The van der Waals surface area contributed by atoms with Gasteiger partial charge in [0.1, 0.15) is 28.7 Å². The van der Waals surface area contributed by atoms with Crippen molar-refractivity contribution in [3.63, 3.8) is 0 Å². The van der Waals surface area contributed by atoms with Crippen LogP contribution in [-0.2, 0) is 27.3 Å². The average Bonchev–Trinajstić information content (AvgIpc) is 2.97. The number of primary amides is 1. The summed E-state index contributed by atoms with van der Waals surface area (Å²) < 4.78 is 13.4. The second-order valence-electron chi connectivity index (χ2n) is 12.3. The zero-order valence-corrected chi connectivity index (χ0v) is 24.5. The van der Waals surface area contributed by atoms with E-state index >= 15 is 0 Å². The molecular weight excluding hydrogens is 571 g/mol. The number of Topliss-reactive ketones (excluding diaryl/α,β-unsaturated/α-hetero) is 2. The maximum absolute atomic E-state index is 14.0. The smallest absolute Gasteiger partial charge is 0.255 e. The summed E-state index contributed by atoms with van der Waals surface area (Å²) in [5.74, 6) is -6.96. The Balaban J connectivity index is 1.33. The summed E-state index contributed by atoms with van der Waals surface area (Å²) in [5, 5.41) is 45.1. The predicted octanol–water partition coefficient (Wildman–Crippen LogP) is 1.43. The Bertz CT molecular complexity index is 1630. The molecule has 2 aromatic rings. The molecule has 0 bridgehead atoms. The summed E-state index contributed by atoms with van der Waals surface area (Å²) in [7, 11) is 3.14. The number of hydrogen-bond donors (Lipinski definition) is 5. The fraction of sp³-hybridized carbons (Fsp3) is 0.406. The van der Waals surface area contributed by atoms with Gasteiger partial charge in [0.15, 0.2) is 11.4 Å². The lowest BCUT2D eigenvalue weighted by atomic mass is 9.57. The van der Waals surface area contributed by atoms with Crippen LogP contribution in [0.15, 0.2) is 53.3 Å². The van der Waals surface area contributed by atoms with Crippen molar-refractivity contribution in [2.75, 3.05) is 45.2 Å². The van der Waals surface area contributed by atoms with Crippen LogP contribution in [0.25, 0.3) is 5.76 Å². The molecule has 1 saturated heterocycles. The number of piperazine rings is 1. The molecular formula is C32H35FN4O7. The van der Waals surface area contributed by atoms with Gasteiger partial charge in [-0.3, -0.25) is 24.2 Å². The van der Waals surface area contributed by atoms with Gasteiger partial charge in [-0.2, -0.15) is 0 Å². The molecule has 12 heteroatoms. The van der Waals surface area contributed by atoms with Crippen molar-refractivity contribution >= 4 is 28.9 Å². The van der Waals surface area contributed by atoms with Crippen LogP contribution in [0, 0.1) is 17.7 Å². The SMILES string of the molecule is CN(C)[C@@H]1C(=O)C(C(N)=O)=C(O)[C@@]2(O)C(=O)C3=C(O)c4c(O)ccc(CN5CCN(c6ccc(F)cc6)CC5)c4C[C@H]3C[C@@H]12. The minimum absolute atomic E-state index is 0.0389. The number of aromatic hydroxyl groups is 1. The lowest BCUT2D eigenvalue weighted by Crippen LogP contribution is -2.65. The van der Waals surface area contributed by atoms with Crippen LogP contribution in [0.1, 0.15) is 23.1 Å². The van der Waals surface area contributed by atoms with Gasteiger partial charge in [0.05, 0.1) is 11.6 Å². The number of benzene rings is 2. The summed E-state index contributed by atoms with van der Waals surface area (Å²) in [5.41, 5.74) is 4.26. The Kier molecular flexibility index (Phi) is 7.26. The Labute approximate surface area is 253 Å². The lowest BCUT2D eigenvalue weighted by molar-refractivity contribution is -0.153. The van der Waals surface area contributed by atoms with Gasteiger partial charge in [0.25, 0.3) is 5.91 Å². The number of nitrogens with two attached hydrogens (primary N) is 1. The number of fused-ring (bicyclic) bond motifs is 3. The van der Waals surface area contributed by atoms with Crippen molar-refractivity contribution < 1.29 is 39.2 Å². The number of phenols is 1. The molecule has 3 aliphatic carbocycles. The molecule has 11 nitrogen and oxygen atoms in total. The van der Waals surface area contributed by atoms with Crippen molar-refractivity contribution in [3.8, 4) is 5.75 Å². The third-order valence-electron chi connectivity index (χ3n) is 9.66. The number of amides is 1. The average molecular weight is 607 g/mol. The molecule has 44 heavy (non-hydrogen) atoms. The first kappa shape index (κ1) is 29.8. The number of aliphatic hydroxyl groups excluding tert-OH is 2. The molecule has 2 fully saturated rings. The molecule has 0 spiro atoms. The van der Waals surface area contributed by atoms with Gasteiger partial charge in [-0.25, -0.2) is 4.39 Å². The number of hydrogen-bond acceptors (Lipinski definition) is 10. The van der Waals surface area contributed by atoms with Gasteiger partial charge in [-0.15, -0.1) is 0 Å². The monoisotopic (exact) mass is 606 g/mol. The molecule has 1 aliphatic heterocycles. The first-order valence-electron chi connectivity index (χ1n) is 14.6. The third-order valence-corrected chi connectivity index (χ3v) is 9.66. The second kappa shape index (κ2) is 10.7. The number of ketones is 2. The van der Waals surface area contributed by atoms with Crippen molar-refractivity contribution in [3.05, 3.63) is 75.8 Å². The molecule has 6 N–H and O–H groups in total. The second-order valence-corrected chi connectivity index (χ2v) is 12.3. The molecule has 232 valence electrons. The van der Waals surface area contributed by atoms with Gasteiger partial charge in [0.2, 0.25) is 5.78 Å². The van der Waals surface area contributed by atoms with Crippen LogP contribution in [0.5, 0.6) is 5.75 Å². The highest BCUT2D eigenvalue weighted by molar-refractivity contribution is 6.24. The number of aliphatic hydroxyl groups is 3. The first-order chi connectivity index (χ1) is 20.8. The Hall–Kier alpha value is -4.26. The van der Waals surface area contributed by atoms with E-state index in [-0.39, 0.29) is 35.5 Å². The van der Waals surface area contributed by atoms with Gasteiger partial charge in [0, 0.05) is 49.9 Å². The summed E-state index contributed by atoms with van der Waals surface area (Å²) in [4.78, 5) is 45.4. The number of halogens is 1. The Morgan fingerprint density at radius 2 is 1.70 bits per heavy atom. The molecule has 4 atom stereocenters. The minimum Gasteiger partial charge on any atom is -0.508 e. The van der Waals surface area contributed by atoms with E-state index in [4.69, 9.17) is 5.73 Å². The van der Waals surface area contributed by atoms with Gasteiger partial charge < -0.3 is 31.1 Å². The van der Waals surface area contributed by atoms with Crippen LogP contribution in [-0.4, -0.2) is 99.6 Å². The van der Waals surface area contributed by atoms with E-state index in [9.17, 15) is 39.2 Å². The number of phenolic OH excluding ortho intramolecular Hbond substituents is 1. The first-order valence-corrected chi connectivity index (χ1v) is 14.6. The molecule has 0 aromatic heterocycles. The van der Waals surface area contributed by atoms with E-state index in [1.54, 1.807) is 32.3 Å². The number of anilines is 1. The molecule has 0 radical (unpaired) electrons. The number of rotatable bonds is 5. The standard InChI is InChI=1S/C32H35FN4O7/c1-35(2)26-21-14-17-13-20-16(15-36-9-11-37(12-10-36)19-6-4-18(33)5-7-19)3-8-22(38)24(20)27(39)23(17)29(41)32(21,44)30(42)25(28(26)40)31(34)43/h3-8,17,21,26,38-39,42,44H,9-15H2,1-2H3,(H2,34,43)/t17-,21-,26-,32-/m0/s1. The van der Waals surface area contributed by atoms with Gasteiger partial charge >= 0.3 is 0 Å². The zero-order chi connectivity index (χ0) is 31.7. The maximum Gasteiger partial charge on any atom is 0.255 e. The topological polar surface area (TPSA) is 168 Å². The molecule has 6 rings (SSSR count). The largest absolute Gasteiger partial charge is 0.508 e. The molecule has 2 aromatic carbocycles. The Morgan fingerprint density at radius 1 is 1.05 bits per heavy atom. The van der Waals surface area contributed by atoms with Crippen LogP contribution >= 0.6 is 0 Å². The summed E-state index contributed by atoms with van der Waals surface area (Å²) >= 11 is 0. The summed E-state index contributed by atoms with van der Waals surface area (Å²) in [6.07, 6.45) is 0.283. The van der Waals surface area contributed by atoms with Gasteiger partial charge in [-0.1, -0.05) is 6.07 Å². The number of likely N-dealkylation sites (N-methyl/N-ethyl adjacent to an activating group) is 1. The van der Waals surface area contributed by atoms with Crippen molar-refractivity contribution in [2.24, 2.45) is 17.6 Å². The molecule has 1 heterocycles. The Morgan fingerprint density at radius 3 is 2.32 bits per heavy atom. The molecule has 4 aliphatic rings. The lowest BCUT2D eigenvalue weighted by Gasteiger charge is -2.50. The fourth-order valence-electron chi connectivity index (χ4n) is 7.51. The highest BCUT2D eigenvalue weighted by Gasteiger charge is 2.64. The summed E-state index contributed by atoms with van der Waals surface area (Å²) in [6, 6.07) is 8.50. The van der Waals surface area contributed by atoms with Crippen molar-refractivity contribution in [1.82, 2.24) is 9.80 Å². The van der Waals surface area contributed by atoms with Crippen LogP contribution < -0.4 is 10.6 Å². The maximum atomic E-state index is 14.0. The molecule has 1 amide bonds. The van der Waals surface area contributed by atoms with E-state index in [1.165, 1.54) is 23.1 Å². The van der Waals surface area contributed by atoms with E-state index < -0.39 is 58.0 Å². The highest BCUT2D eigenvalue weighted by Crippen LogP contribution is 2.53. The van der Waals surface area contributed by atoms with Crippen LogP contribution in [0.4, 0.5) is 10.1 Å². The predicted molar refractivity (Wildman–Crippen MR) is 158 cm³/mol. The van der Waals surface area contributed by atoms with E-state index in [1.807, 2.05) is 0 Å². The normalized spacial score (nSPS) is 27.4. The summed E-state index contributed by atoms with van der Waals surface area (Å²) in [6.45, 7) is 3.40. The highest BCUT2D eigenvalue weighted by atomic mass is 19.1. The van der Waals surface area contributed by atoms with E-state index in [2.05, 4.69) is 9.80 Å². The van der Waals surface area contributed by atoms with Crippen molar-refractivity contribution in [2.45, 2.75) is 31.0 Å². The number of nitrogens with zero attached hydrogens (tertiary/aromatic N) is 3. The molecule has 1 saturated carbocycles.